The van der Waals surface area contributed by atoms with E-state index in [2.05, 4.69) is 5.32 Å². The van der Waals surface area contributed by atoms with Gasteiger partial charge in [0.25, 0.3) is 0 Å². The van der Waals surface area contributed by atoms with E-state index in [1.165, 1.54) is 6.07 Å². The molecule has 0 saturated heterocycles. The largest absolute Gasteiger partial charge is 0.418 e. The Hall–Kier alpha value is -1.19. The summed E-state index contributed by atoms with van der Waals surface area (Å²) < 4.78 is 37.5. The molecule has 78 valence electrons. The van der Waals surface area contributed by atoms with E-state index in [9.17, 15) is 13.2 Å². The maximum atomic E-state index is 12.5. The van der Waals surface area contributed by atoms with Gasteiger partial charge < -0.3 is 5.32 Å². The molecule has 0 unspecified atom stereocenters. The fourth-order valence-corrected chi connectivity index (χ4v) is 1.24. The lowest BCUT2D eigenvalue weighted by atomic mass is 10.1. The Morgan fingerprint density at radius 1 is 1.29 bits per heavy atom. The lowest BCUT2D eigenvalue weighted by Gasteiger charge is -2.14. The molecule has 0 radical (unpaired) electrons. The van der Waals surface area contributed by atoms with Crippen LogP contribution >= 0.6 is 0 Å². The molecule has 0 amide bonds. The standard InChI is InChI=1S/C10H12F3N/c1-3-14-9-5-4-7(2)6-8(9)10(11,12)13/h4-6,14H,3H2,1-2H3. The molecule has 0 fully saturated rings. The highest BCUT2D eigenvalue weighted by atomic mass is 19.4. The van der Waals surface area contributed by atoms with E-state index in [4.69, 9.17) is 0 Å². The SMILES string of the molecule is CCNc1ccc(C)cc1C(F)(F)F. The van der Waals surface area contributed by atoms with Crippen LogP contribution in [0.5, 0.6) is 0 Å². The predicted octanol–water partition coefficient (Wildman–Crippen LogP) is 3.45. The van der Waals surface area contributed by atoms with Gasteiger partial charge in [-0.3, -0.25) is 0 Å². The van der Waals surface area contributed by atoms with Gasteiger partial charge in [-0.2, -0.15) is 13.2 Å². The average Bonchev–Trinajstić information content (AvgIpc) is 2.07. The van der Waals surface area contributed by atoms with Crippen LogP contribution in [-0.2, 0) is 6.18 Å². The smallest absolute Gasteiger partial charge is 0.385 e. The van der Waals surface area contributed by atoms with Crippen LogP contribution in [0, 0.1) is 6.92 Å². The second kappa shape index (κ2) is 3.90. The Bertz CT molecular complexity index is 318. The molecule has 0 aromatic heterocycles. The molecule has 0 atom stereocenters. The molecule has 0 saturated carbocycles. The molecule has 14 heavy (non-hydrogen) atoms. The molecule has 1 nitrogen and oxygen atoms in total. The summed E-state index contributed by atoms with van der Waals surface area (Å²) in [5.41, 5.74) is 0.156. The van der Waals surface area contributed by atoms with Crippen molar-refractivity contribution in [3.63, 3.8) is 0 Å². The normalized spacial score (nSPS) is 11.5. The number of hydrogen-bond donors (Lipinski definition) is 1. The molecule has 1 N–H and O–H groups in total. The van der Waals surface area contributed by atoms with Gasteiger partial charge >= 0.3 is 6.18 Å². The van der Waals surface area contributed by atoms with Gasteiger partial charge in [0.2, 0.25) is 0 Å². The summed E-state index contributed by atoms with van der Waals surface area (Å²) in [6, 6.07) is 4.27. The summed E-state index contributed by atoms with van der Waals surface area (Å²) in [7, 11) is 0. The summed E-state index contributed by atoms with van der Waals surface area (Å²) >= 11 is 0. The molecular formula is C10H12F3N. The molecule has 0 aliphatic heterocycles. The van der Waals surface area contributed by atoms with Gasteiger partial charge in [-0.1, -0.05) is 11.6 Å². The lowest BCUT2D eigenvalue weighted by molar-refractivity contribution is -0.137. The highest BCUT2D eigenvalue weighted by molar-refractivity contribution is 5.54. The highest BCUT2D eigenvalue weighted by Gasteiger charge is 2.33. The first-order valence-electron chi connectivity index (χ1n) is 4.37. The molecular weight excluding hydrogens is 191 g/mol. The Kier molecular flexibility index (Phi) is 3.03. The maximum absolute atomic E-state index is 12.5. The molecule has 1 aromatic carbocycles. The molecule has 0 spiro atoms. The zero-order valence-corrected chi connectivity index (χ0v) is 8.07. The van der Waals surface area contributed by atoms with Crippen LogP contribution in [-0.4, -0.2) is 6.54 Å². The maximum Gasteiger partial charge on any atom is 0.418 e. The quantitative estimate of drug-likeness (QED) is 0.776. The van der Waals surface area contributed by atoms with Crippen LogP contribution in [0.1, 0.15) is 18.1 Å². The van der Waals surface area contributed by atoms with Crippen molar-refractivity contribution in [2.24, 2.45) is 0 Å². The van der Waals surface area contributed by atoms with Crippen LogP contribution < -0.4 is 5.32 Å². The summed E-state index contributed by atoms with van der Waals surface area (Å²) in [6.07, 6.45) is -4.29. The van der Waals surface area contributed by atoms with E-state index < -0.39 is 11.7 Å². The third-order valence-electron chi connectivity index (χ3n) is 1.85. The second-order valence-corrected chi connectivity index (χ2v) is 3.08. The first-order valence-corrected chi connectivity index (χ1v) is 4.37. The Balaban J connectivity index is 3.16. The number of nitrogens with one attached hydrogen (secondary N) is 1. The number of halogens is 3. The van der Waals surface area contributed by atoms with E-state index >= 15 is 0 Å². The second-order valence-electron chi connectivity index (χ2n) is 3.08. The average molecular weight is 203 g/mol. The first-order chi connectivity index (χ1) is 6.45. The third kappa shape index (κ3) is 2.40. The van der Waals surface area contributed by atoms with E-state index in [-0.39, 0.29) is 5.69 Å². The van der Waals surface area contributed by atoms with Crippen molar-refractivity contribution >= 4 is 5.69 Å². The lowest BCUT2D eigenvalue weighted by Crippen LogP contribution is -2.10. The van der Waals surface area contributed by atoms with Crippen molar-refractivity contribution in [2.45, 2.75) is 20.0 Å². The number of anilines is 1. The van der Waals surface area contributed by atoms with Crippen LogP contribution in [0.3, 0.4) is 0 Å². The summed E-state index contributed by atoms with van der Waals surface area (Å²) in [4.78, 5) is 0. The predicted molar refractivity (Wildman–Crippen MR) is 50.3 cm³/mol. The van der Waals surface area contributed by atoms with Gasteiger partial charge in [0.1, 0.15) is 0 Å². The Morgan fingerprint density at radius 3 is 2.43 bits per heavy atom. The van der Waals surface area contributed by atoms with Crippen molar-refractivity contribution in [3.8, 4) is 0 Å². The van der Waals surface area contributed by atoms with Crippen molar-refractivity contribution in [2.75, 3.05) is 11.9 Å². The molecule has 1 rings (SSSR count). The fraction of sp³-hybridized carbons (Fsp3) is 0.400. The summed E-state index contributed by atoms with van der Waals surface area (Å²) in [5.74, 6) is 0. The van der Waals surface area contributed by atoms with Crippen molar-refractivity contribution < 1.29 is 13.2 Å². The molecule has 0 aliphatic rings. The minimum absolute atomic E-state index is 0.144. The fourth-order valence-electron chi connectivity index (χ4n) is 1.24. The minimum atomic E-state index is -4.29. The number of hydrogen-bond acceptors (Lipinski definition) is 1. The van der Waals surface area contributed by atoms with Crippen LogP contribution in [0.25, 0.3) is 0 Å². The van der Waals surface area contributed by atoms with Gasteiger partial charge in [0.15, 0.2) is 0 Å². The van der Waals surface area contributed by atoms with Crippen LogP contribution in [0.2, 0.25) is 0 Å². The molecule has 4 heteroatoms. The molecule has 0 aliphatic carbocycles. The van der Waals surface area contributed by atoms with E-state index in [0.717, 1.165) is 6.07 Å². The number of rotatable bonds is 2. The van der Waals surface area contributed by atoms with Crippen molar-refractivity contribution in [1.29, 1.82) is 0 Å². The Labute approximate surface area is 80.9 Å². The summed E-state index contributed by atoms with van der Waals surface area (Å²) in [5, 5.41) is 2.69. The van der Waals surface area contributed by atoms with Crippen molar-refractivity contribution in [3.05, 3.63) is 29.3 Å². The number of aryl methyl sites for hydroxylation is 1. The van der Waals surface area contributed by atoms with Crippen LogP contribution in [0.15, 0.2) is 18.2 Å². The third-order valence-corrected chi connectivity index (χ3v) is 1.85. The van der Waals surface area contributed by atoms with Gasteiger partial charge in [-0.25, -0.2) is 0 Å². The molecule has 1 aromatic rings. The topological polar surface area (TPSA) is 12.0 Å². The zero-order valence-electron chi connectivity index (χ0n) is 8.07. The van der Waals surface area contributed by atoms with Gasteiger partial charge in [-0.15, -0.1) is 0 Å². The molecule has 0 bridgehead atoms. The summed E-state index contributed by atoms with van der Waals surface area (Å²) in [6.45, 7) is 3.89. The monoisotopic (exact) mass is 203 g/mol. The zero-order chi connectivity index (χ0) is 10.8. The highest BCUT2D eigenvalue weighted by Crippen LogP contribution is 2.35. The minimum Gasteiger partial charge on any atom is -0.385 e. The first kappa shape index (κ1) is 10.9. The van der Waals surface area contributed by atoms with Crippen molar-refractivity contribution in [1.82, 2.24) is 0 Å². The number of alkyl halides is 3. The molecule has 0 heterocycles. The number of benzene rings is 1. The van der Waals surface area contributed by atoms with Gasteiger partial charge in [0.05, 0.1) is 5.56 Å². The van der Waals surface area contributed by atoms with Crippen LogP contribution in [0.4, 0.5) is 18.9 Å². The van der Waals surface area contributed by atoms with Gasteiger partial charge in [-0.05, 0) is 26.0 Å². The van der Waals surface area contributed by atoms with E-state index in [0.29, 0.717) is 12.1 Å². The Morgan fingerprint density at radius 2 is 1.93 bits per heavy atom. The van der Waals surface area contributed by atoms with Gasteiger partial charge in [0, 0.05) is 12.2 Å². The van der Waals surface area contributed by atoms with E-state index in [1.807, 2.05) is 0 Å². The van der Waals surface area contributed by atoms with E-state index in [1.54, 1.807) is 19.9 Å².